The van der Waals surface area contributed by atoms with Gasteiger partial charge in [-0.3, -0.25) is 0 Å². The van der Waals surface area contributed by atoms with Crippen molar-refractivity contribution in [2.75, 3.05) is 6.61 Å². The summed E-state index contributed by atoms with van der Waals surface area (Å²) < 4.78 is 5.51. The van der Waals surface area contributed by atoms with Crippen LogP contribution in [0.3, 0.4) is 0 Å². The lowest BCUT2D eigenvalue weighted by molar-refractivity contribution is -0.0380. The topological polar surface area (TPSA) is 29.5 Å². The van der Waals surface area contributed by atoms with Crippen molar-refractivity contribution in [1.29, 1.82) is 0 Å². The van der Waals surface area contributed by atoms with Gasteiger partial charge in [0.2, 0.25) is 0 Å². The Hall–Kier alpha value is -0.280. The van der Waals surface area contributed by atoms with E-state index in [0.29, 0.717) is 22.1 Å². The molecule has 1 N–H and O–H groups in total. The molecule has 1 aromatic rings. The molecule has 0 saturated heterocycles. The van der Waals surface area contributed by atoms with E-state index in [0.717, 1.165) is 31.4 Å². The highest BCUT2D eigenvalue weighted by atomic mass is 35.5. The average Bonchev–Trinajstić information content (AvgIpc) is 2.30. The molecule has 0 spiro atoms. The van der Waals surface area contributed by atoms with Crippen molar-refractivity contribution in [3.8, 4) is 0 Å². The third-order valence-electron chi connectivity index (χ3n) is 3.48. The van der Waals surface area contributed by atoms with E-state index < -0.39 is 6.10 Å². The van der Waals surface area contributed by atoms with Gasteiger partial charge in [0.25, 0.3) is 0 Å². The number of rotatable bonds is 5. The molecule has 1 unspecified atom stereocenters. The Labute approximate surface area is 118 Å². The Morgan fingerprint density at radius 2 is 2.06 bits per heavy atom. The van der Waals surface area contributed by atoms with Gasteiger partial charge in [0.1, 0.15) is 0 Å². The summed E-state index contributed by atoms with van der Waals surface area (Å²) in [5.41, 5.74) is 0.837. The Morgan fingerprint density at radius 1 is 1.33 bits per heavy atom. The highest BCUT2D eigenvalue weighted by Gasteiger charge is 2.31. The third-order valence-corrected chi connectivity index (χ3v) is 4.22. The molecule has 1 aliphatic rings. The van der Waals surface area contributed by atoms with Crippen LogP contribution >= 0.6 is 23.2 Å². The van der Waals surface area contributed by atoms with E-state index in [1.54, 1.807) is 12.1 Å². The van der Waals surface area contributed by atoms with Crippen LogP contribution in [0.4, 0.5) is 0 Å². The lowest BCUT2D eigenvalue weighted by Crippen LogP contribution is -2.32. The summed E-state index contributed by atoms with van der Waals surface area (Å²) in [7, 11) is 0. The molecule has 0 amide bonds. The van der Waals surface area contributed by atoms with Crippen molar-refractivity contribution in [2.45, 2.75) is 38.4 Å². The van der Waals surface area contributed by atoms with Crippen LogP contribution in [-0.2, 0) is 4.74 Å². The molecule has 2 rings (SSSR count). The molecule has 2 nitrogen and oxygen atoms in total. The molecule has 1 aromatic carbocycles. The number of halogens is 2. The number of aliphatic hydroxyl groups excluding tert-OH is 1. The minimum Gasteiger partial charge on any atom is -0.388 e. The molecule has 0 aliphatic heterocycles. The van der Waals surface area contributed by atoms with Gasteiger partial charge in [-0.25, -0.2) is 0 Å². The zero-order valence-corrected chi connectivity index (χ0v) is 11.9. The maximum Gasteiger partial charge on any atom is 0.0793 e. The third kappa shape index (κ3) is 3.39. The SMILES string of the molecule is CCOC1CC(CC(O)c2ccc(Cl)c(Cl)c2)C1. The van der Waals surface area contributed by atoms with Crippen molar-refractivity contribution in [1.82, 2.24) is 0 Å². The fourth-order valence-electron chi connectivity index (χ4n) is 2.41. The van der Waals surface area contributed by atoms with Crippen molar-refractivity contribution in [3.05, 3.63) is 33.8 Å². The monoisotopic (exact) mass is 288 g/mol. The van der Waals surface area contributed by atoms with Crippen LogP contribution in [0.1, 0.15) is 37.9 Å². The first-order valence-corrected chi connectivity index (χ1v) is 7.10. The van der Waals surface area contributed by atoms with Gasteiger partial charge >= 0.3 is 0 Å². The summed E-state index contributed by atoms with van der Waals surface area (Å²) in [4.78, 5) is 0. The van der Waals surface area contributed by atoms with Gasteiger partial charge in [-0.15, -0.1) is 0 Å². The van der Waals surface area contributed by atoms with Crippen LogP contribution in [0, 0.1) is 5.92 Å². The summed E-state index contributed by atoms with van der Waals surface area (Å²) in [5, 5.41) is 11.2. The van der Waals surface area contributed by atoms with E-state index >= 15 is 0 Å². The van der Waals surface area contributed by atoms with Crippen molar-refractivity contribution < 1.29 is 9.84 Å². The first-order valence-electron chi connectivity index (χ1n) is 6.34. The number of ether oxygens (including phenoxy) is 1. The normalized spacial score (nSPS) is 24.7. The van der Waals surface area contributed by atoms with E-state index in [-0.39, 0.29) is 0 Å². The Balaban J connectivity index is 1.85. The quantitative estimate of drug-likeness (QED) is 0.879. The Morgan fingerprint density at radius 3 is 2.67 bits per heavy atom. The number of hydrogen-bond acceptors (Lipinski definition) is 2. The Bertz CT molecular complexity index is 403. The van der Waals surface area contributed by atoms with Crippen LogP contribution in [-0.4, -0.2) is 17.8 Å². The maximum absolute atomic E-state index is 10.1. The van der Waals surface area contributed by atoms with Crippen LogP contribution in [0.5, 0.6) is 0 Å². The molecular formula is C14H18Cl2O2. The summed E-state index contributed by atoms with van der Waals surface area (Å²) in [5.74, 6) is 0.547. The molecule has 18 heavy (non-hydrogen) atoms. The van der Waals surface area contributed by atoms with E-state index in [1.165, 1.54) is 0 Å². The van der Waals surface area contributed by atoms with Gasteiger partial charge in [-0.2, -0.15) is 0 Å². The minimum absolute atomic E-state index is 0.390. The number of benzene rings is 1. The summed E-state index contributed by atoms with van der Waals surface area (Å²) in [6.07, 6.45) is 2.79. The number of hydrogen-bond donors (Lipinski definition) is 1. The molecule has 0 heterocycles. The zero-order chi connectivity index (χ0) is 13.1. The fourth-order valence-corrected chi connectivity index (χ4v) is 2.72. The van der Waals surface area contributed by atoms with E-state index in [9.17, 15) is 5.11 Å². The predicted molar refractivity (Wildman–Crippen MR) is 74.2 cm³/mol. The first kappa shape index (κ1) is 14.1. The lowest BCUT2D eigenvalue weighted by atomic mass is 9.78. The standard InChI is InChI=1S/C14H18Cl2O2/c1-2-18-11-5-9(6-11)7-14(17)10-3-4-12(15)13(16)8-10/h3-4,8-9,11,14,17H,2,5-7H2,1H3. The molecule has 1 atom stereocenters. The lowest BCUT2D eigenvalue weighted by Gasteiger charge is -2.36. The van der Waals surface area contributed by atoms with Gasteiger partial charge in [0.05, 0.1) is 22.3 Å². The molecule has 1 aliphatic carbocycles. The van der Waals surface area contributed by atoms with Crippen LogP contribution in [0.15, 0.2) is 18.2 Å². The second-order valence-electron chi connectivity index (χ2n) is 4.84. The molecule has 100 valence electrons. The van der Waals surface area contributed by atoms with Crippen molar-refractivity contribution >= 4 is 23.2 Å². The molecule has 0 bridgehead atoms. The van der Waals surface area contributed by atoms with Gasteiger partial charge < -0.3 is 9.84 Å². The first-order chi connectivity index (χ1) is 8.60. The van der Waals surface area contributed by atoms with Gasteiger partial charge in [-0.05, 0) is 49.8 Å². The van der Waals surface area contributed by atoms with Crippen molar-refractivity contribution in [2.24, 2.45) is 5.92 Å². The van der Waals surface area contributed by atoms with Crippen molar-refractivity contribution in [3.63, 3.8) is 0 Å². The van der Waals surface area contributed by atoms with E-state index in [4.69, 9.17) is 27.9 Å². The van der Waals surface area contributed by atoms with Crippen LogP contribution in [0.2, 0.25) is 10.0 Å². The molecule has 1 saturated carbocycles. The van der Waals surface area contributed by atoms with E-state index in [1.807, 2.05) is 13.0 Å². The second kappa shape index (κ2) is 6.25. The summed E-state index contributed by atoms with van der Waals surface area (Å²) >= 11 is 11.8. The maximum atomic E-state index is 10.1. The smallest absolute Gasteiger partial charge is 0.0793 e. The summed E-state index contributed by atoms with van der Waals surface area (Å²) in [6, 6.07) is 5.30. The largest absolute Gasteiger partial charge is 0.388 e. The average molecular weight is 289 g/mol. The minimum atomic E-state index is -0.465. The van der Waals surface area contributed by atoms with Gasteiger partial charge in [0.15, 0.2) is 0 Å². The molecule has 1 fully saturated rings. The predicted octanol–water partition coefficient (Wildman–Crippen LogP) is 4.23. The highest BCUT2D eigenvalue weighted by molar-refractivity contribution is 6.42. The summed E-state index contributed by atoms with van der Waals surface area (Å²) in [6.45, 7) is 2.78. The van der Waals surface area contributed by atoms with Crippen LogP contribution < -0.4 is 0 Å². The zero-order valence-electron chi connectivity index (χ0n) is 10.4. The van der Waals surface area contributed by atoms with Gasteiger partial charge in [0, 0.05) is 6.61 Å². The molecule has 0 radical (unpaired) electrons. The second-order valence-corrected chi connectivity index (χ2v) is 5.65. The highest BCUT2D eigenvalue weighted by Crippen LogP contribution is 2.37. The van der Waals surface area contributed by atoms with Gasteiger partial charge in [-0.1, -0.05) is 29.3 Å². The Kier molecular flexibility index (Phi) is 4.91. The van der Waals surface area contributed by atoms with Crippen LogP contribution in [0.25, 0.3) is 0 Å². The molecule has 0 aromatic heterocycles. The molecular weight excluding hydrogens is 271 g/mol. The number of aliphatic hydroxyl groups is 1. The van der Waals surface area contributed by atoms with E-state index in [2.05, 4.69) is 0 Å². The molecule has 4 heteroatoms. The fraction of sp³-hybridized carbons (Fsp3) is 0.571.